The Kier molecular flexibility index (Phi) is 2.35. The van der Waals surface area contributed by atoms with Gasteiger partial charge in [-0.15, -0.1) is 0 Å². The summed E-state index contributed by atoms with van der Waals surface area (Å²) in [6.45, 7) is 0. The van der Waals surface area contributed by atoms with Crippen LogP contribution in [0.3, 0.4) is 0 Å². The summed E-state index contributed by atoms with van der Waals surface area (Å²) < 4.78 is 2.31. The summed E-state index contributed by atoms with van der Waals surface area (Å²) in [4.78, 5) is 8.73. The lowest BCUT2D eigenvalue weighted by atomic mass is 9.98. The molecule has 0 aliphatic heterocycles. The predicted molar refractivity (Wildman–Crippen MR) is 102 cm³/mol. The van der Waals surface area contributed by atoms with Crippen molar-refractivity contribution in [1.29, 1.82) is 0 Å². The van der Waals surface area contributed by atoms with Gasteiger partial charge in [0.1, 0.15) is 0 Å². The number of nitrogens with zero attached hydrogens (tertiary/aromatic N) is 3. The SMILES string of the molecule is c1ccc(-c2ccc3c4ccncc4n4c5cnccc5c2c34)cc1. The molecule has 0 bridgehead atoms. The fraction of sp³-hybridized carbons (Fsp3) is 0. The van der Waals surface area contributed by atoms with Crippen molar-refractivity contribution < 1.29 is 0 Å². The summed E-state index contributed by atoms with van der Waals surface area (Å²) in [7, 11) is 0. The first-order valence-corrected chi connectivity index (χ1v) is 8.35. The van der Waals surface area contributed by atoms with Crippen LogP contribution in [0.2, 0.25) is 0 Å². The maximum absolute atomic E-state index is 4.37. The zero-order valence-electron chi connectivity index (χ0n) is 13.3. The highest BCUT2D eigenvalue weighted by Gasteiger charge is 2.20. The van der Waals surface area contributed by atoms with E-state index in [2.05, 4.69) is 69.0 Å². The predicted octanol–water partition coefficient (Wildman–Crippen LogP) is 5.29. The number of rotatable bonds is 1. The van der Waals surface area contributed by atoms with Crippen LogP contribution in [0.4, 0.5) is 0 Å². The van der Waals surface area contributed by atoms with Crippen molar-refractivity contribution in [2.24, 2.45) is 0 Å². The van der Waals surface area contributed by atoms with E-state index in [1.54, 1.807) is 0 Å². The van der Waals surface area contributed by atoms with E-state index in [1.807, 2.05) is 24.8 Å². The van der Waals surface area contributed by atoms with E-state index < -0.39 is 0 Å². The largest absolute Gasteiger partial charge is 0.305 e. The maximum atomic E-state index is 4.37. The Hall–Kier alpha value is -3.46. The molecular weight excluding hydrogens is 306 g/mol. The molecule has 0 atom stereocenters. The van der Waals surface area contributed by atoms with Gasteiger partial charge in [0.25, 0.3) is 0 Å². The first-order chi connectivity index (χ1) is 12.4. The molecule has 3 nitrogen and oxygen atoms in total. The van der Waals surface area contributed by atoms with Gasteiger partial charge in [-0.25, -0.2) is 0 Å². The molecule has 0 amide bonds. The molecule has 0 aliphatic carbocycles. The fourth-order valence-electron chi connectivity index (χ4n) is 4.11. The van der Waals surface area contributed by atoms with E-state index in [9.17, 15) is 0 Å². The summed E-state index contributed by atoms with van der Waals surface area (Å²) >= 11 is 0. The molecule has 2 aromatic carbocycles. The molecule has 0 N–H and O–H groups in total. The molecule has 0 radical (unpaired) electrons. The van der Waals surface area contributed by atoms with Crippen molar-refractivity contribution in [3.63, 3.8) is 0 Å². The minimum Gasteiger partial charge on any atom is -0.305 e. The average molecular weight is 319 g/mol. The van der Waals surface area contributed by atoms with E-state index in [1.165, 1.54) is 38.2 Å². The lowest BCUT2D eigenvalue weighted by Gasteiger charge is -2.05. The van der Waals surface area contributed by atoms with Crippen molar-refractivity contribution in [3.05, 3.63) is 79.4 Å². The molecule has 0 spiro atoms. The minimum absolute atomic E-state index is 1.13. The quantitative estimate of drug-likeness (QED) is 0.412. The van der Waals surface area contributed by atoms with Crippen LogP contribution in [0, 0.1) is 0 Å². The Morgan fingerprint density at radius 1 is 0.640 bits per heavy atom. The van der Waals surface area contributed by atoms with Crippen molar-refractivity contribution in [2.75, 3.05) is 0 Å². The van der Waals surface area contributed by atoms with Crippen molar-refractivity contribution in [2.45, 2.75) is 0 Å². The highest BCUT2D eigenvalue weighted by Crippen LogP contribution is 2.42. The van der Waals surface area contributed by atoms with Gasteiger partial charge in [0.15, 0.2) is 0 Å². The van der Waals surface area contributed by atoms with Crippen LogP contribution in [0.1, 0.15) is 0 Å². The maximum Gasteiger partial charge on any atom is 0.0725 e. The Bertz CT molecular complexity index is 1380. The normalized spacial score (nSPS) is 12.0. The van der Waals surface area contributed by atoms with Gasteiger partial charge < -0.3 is 4.40 Å². The number of hydrogen-bond acceptors (Lipinski definition) is 2. The number of aromatic nitrogens is 3. The van der Waals surface area contributed by atoms with Crippen LogP contribution in [0.25, 0.3) is 49.2 Å². The lowest BCUT2D eigenvalue weighted by molar-refractivity contribution is 1.27. The van der Waals surface area contributed by atoms with Crippen molar-refractivity contribution in [3.8, 4) is 11.1 Å². The summed E-state index contributed by atoms with van der Waals surface area (Å²) in [6, 6.07) is 19.3. The molecular formula is C22H13N3. The Morgan fingerprint density at radius 2 is 1.36 bits per heavy atom. The number of hydrogen-bond donors (Lipinski definition) is 0. The first-order valence-electron chi connectivity index (χ1n) is 8.35. The molecule has 0 unspecified atom stereocenters. The van der Waals surface area contributed by atoms with Gasteiger partial charge in [-0.05, 0) is 23.3 Å². The van der Waals surface area contributed by atoms with E-state index in [0.717, 1.165) is 11.0 Å². The summed E-state index contributed by atoms with van der Waals surface area (Å²) in [5, 5.41) is 5.03. The van der Waals surface area contributed by atoms with Crippen LogP contribution in [0.5, 0.6) is 0 Å². The van der Waals surface area contributed by atoms with Gasteiger partial charge in [0.05, 0.1) is 28.9 Å². The standard InChI is InChI=1S/C22H13N3/c1-2-4-14(5-3-1)15-6-7-17-16-8-10-23-12-19(16)25-20-13-24-11-9-18(20)21(15)22(17)25/h1-13H. The van der Waals surface area contributed by atoms with Crippen molar-refractivity contribution >= 4 is 38.1 Å². The van der Waals surface area contributed by atoms with Crippen LogP contribution in [-0.2, 0) is 0 Å². The Labute approximate surface area is 143 Å². The van der Waals surface area contributed by atoms with Gasteiger partial charge in [0, 0.05) is 33.9 Å². The van der Waals surface area contributed by atoms with E-state index in [4.69, 9.17) is 0 Å². The average Bonchev–Trinajstić information content (AvgIpc) is 3.20. The highest BCUT2D eigenvalue weighted by atomic mass is 14.9. The molecule has 4 heterocycles. The topological polar surface area (TPSA) is 30.2 Å². The Morgan fingerprint density at radius 3 is 2.16 bits per heavy atom. The molecule has 0 fully saturated rings. The smallest absolute Gasteiger partial charge is 0.0725 e. The zero-order valence-corrected chi connectivity index (χ0v) is 13.3. The molecule has 25 heavy (non-hydrogen) atoms. The van der Waals surface area contributed by atoms with Gasteiger partial charge in [-0.1, -0.05) is 42.5 Å². The van der Waals surface area contributed by atoms with Crippen LogP contribution >= 0.6 is 0 Å². The summed E-state index contributed by atoms with van der Waals surface area (Å²) in [5.74, 6) is 0. The van der Waals surface area contributed by atoms with E-state index in [-0.39, 0.29) is 0 Å². The second-order valence-electron chi connectivity index (χ2n) is 6.37. The molecule has 6 rings (SSSR count). The number of pyridine rings is 2. The molecule has 3 heteroatoms. The van der Waals surface area contributed by atoms with Crippen LogP contribution in [0.15, 0.2) is 79.4 Å². The molecule has 4 aromatic heterocycles. The lowest BCUT2D eigenvalue weighted by Crippen LogP contribution is -1.81. The third kappa shape index (κ3) is 1.55. The van der Waals surface area contributed by atoms with E-state index >= 15 is 0 Å². The van der Waals surface area contributed by atoms with Crippen LogP contribution in [-0.4, -0.2) is 14.4 Å². The molecule has 0 saturated carbocycles. The third-order valence-electron chi connectivity index (χ3n) is 5.13. The third-order valence-corrected chi connectivity index (χ3v) is 5.13. The molecule has 116 valence electrons. The Balaban J connectivity index is 1.96. The van der Waals surface area contributed by atoms with Gasteiger partial charge in [-0.3, -0.25) is 9.97 Å². The van der Waals surface area contributed by atoms with Gasteiger partial charge in [-0.2, -0.15) is 0 Å². The second-order valence-corrected chi connectivity index (χ2v) is 6.37. The molecule has 0 saturated heterocycles. The van der Waals surface area contributed by atoms with Gasteiger partial charge in [0.2, 0.25) is 0 Å². The van der Waals surface area contributed by atoms with Crippen molar-refractivity contribution in [1.82, 2.24) is 14.4 Å². The first kappa shape index (κ1) is 12.9. The highest BCUT2D eigenvalue weighted by molar-refractivity contribution is 6.26. The monoisotopic (exact) mass is 319 g/mol. The number of benzene rings is 2. The minimum atomic E-state index is 1.13. The molecule has 0 aliphatic rings. The second kappa shape index (κ2) is 4.54. The van der Waals surface area contributed by atoms with Gasteiger partial charge >= 0.3 is 0 Å². The summed E-state index contributed by atoms with van der Waals surface area (Å²) in [5.41, 5.74) is 6.02. The molecule has 6 aromatic rings. The summed E-state index contributed by atoms with van der Waals surface area (Å²) in [6.07, 6.45) is 7.64. The number of fused-ring (bicyclic) bond motifs is 6. The van der Waals surface area contributed by atoms with Crippen LogP contribution < -0.4 is 0 Å². The van der Waals surface area contributed by atoms with E-state index in [0.29, 0.717) is 0 Å². The fourth-order valence-corrected chi connectivity index (χ4v) is 4.11. The zero-order chi connectivity index (χ0) is 16.4.